The zero-order valence-electron chi connectivity index (χ0n) is 12.0. The lowest BCUT2D eigenvalue weighted by Crippen LogP contribution is -2.22. The highest BCUT2D eigenvalue weighted by molar-refractivity contribution is 6.30. The summed E-state index contributed by atoms with van der Waals surface area (Å²) < 4.78 is 1.61. The topological polar surface area (TPSA) is 71.1 Å². The van der Waals surface area contributed by atoms with Crippen LogP contribution in [0.5, 0.6) is 0 Å². The summed E-state index contributed by atoms with van der Waals surface area (Å²) in [7, 11) is 0. The van der Waals surface area contributed by atoms with Crippen LogP contribution in [0.2, 0.25) is 5.02 Å². The first-order chi connectivity index (χ1) is 11.2. The molecule has 2 aromatic heterocycles. The van der Waals surface area contributed by atoms with Crippen LogP contribution < -0.4 is 0 Å². The van der Waals surface area contributed by atoms with Crippen molar-refractivity contribution in [2.75, 3.05) is 0 Å². The molecule has 0 spiro atoms. The van der Waals surface area contributed by atoms with Crippen molar-refractivity contribution >= 4 is 23.0 Å². The Morgan fingerprint density at radius 3 is 2.96 bits per heavy atom. The summed E-state index contributed by atoms with van der Waals surface area (Å²) in [5.41, 5.74) is 3.33. The van der Waals surface area contributed by atoms with E-state index in [1.807, 2.05) is 24.3 Å². The third-order valence-electron chi connectivity index (χ3n) is 4.24. The number of halogens is 1. The molecule has 5 nitrogen and oxygen atoms in total. The number of hydrogen-bond acceptors (Lipinski definition) is 4. The van der Waals surface area contributed by atoms with Gasteiger partial charge in [0, 0.05) is 17.6 Å². The van der Waals surface area contributed by atoms with E-state index in [2.05, 4.69) is 16.2 Å². The van der Waals surface area contributed by atoms with Crippen LogP contribution in [-0.4, -0.2) is 20.4 Å². The van der Waals surface area contributed by atoms with E-state index in [1.54, 1.807) is 10.7 Å². The van der Waals surface area contributed by atoms with E-state index in [1.165, 1.54) is 6.20 Å². The van der Waals surface area contributed by atoms with Crippen molar-refractivity contribution in [1.82, 2.24) is 14.6 Å². The second-order valence-corrected chi connectivity index (χ2v) is 6.04. The minimum Gasteiger partial charge on any atom is -0.294 e. The van der Waals surface area contributed by atoms with Crippen LogP contribution in [-0.2, 0) is 6.42 Å². The number of carbonyl (C=O) groups is 1. The van der Waals surface area contributed by atoms with E-state index >= 15 is 0 Å². The maximum absolute atomic E-state index is 12.5. The smallest absolute Gasteiger partial charge is 0.173 e. The zero-order valence-corrected chi connectivity index (χ0v) is 12.8. The van der Waals surface area contributed by atoms with Gasteiger partial charge in [-0.1, -0.05) is 23.7 Å². The summed E-state index contributed by atoms with van der Waals surface area (Å²) in [6.45, 7) is 0. The van der Waals surface area contributed by atoms with Gasteiger partial charge in [0.1, 0.15) is 11.6 Å². The van der Waals surface area contributed by atoms with Crippen LogP contribution >= 0.6 is 11.6 Å². The Morgan fingerprint density at radius 2 is 2.17 bits per heavy atom. The van der Waals surface area contributed by atoms with Gasteiger partial charge >= 0.3 is 0 Å². The summed E-state index contributed by atoms with van der Waals surface area (Å²) >= 11 is 6.07. The summed E-state index contributed by atoms with van der Waals surface area (Å²) in [5, 5.41) is 14.0. The summed E-state index contributed by atoms with van der Waals surface area (Å²) in [5.74, 6) is 0.0914. The van der Waals surface area contributed by atoms with E-state index in [0.717, 1.165) is 11.3 Å². The van der Waals surface area contributed by atoms with E-state index in [9.17, 15) is 4.79 Å². The molecule has 23 heavy (non-hydrogen) atoms. The number of Topliss-reactive ketones (excluding diaryl/α,β-unsaturated/α-hetero) is 1. The Morgan fingerprint density at radius 1 is 1.30 bits per heavy atom. The van der Waals surface area contributed by atoms with Gasteiger partial charge in [0.05, 0.1) is 17.5 Å². The fourth-order valence-electron chi connectivity index (χ4n) is 3.12. The van der Waals surface area contributed by atoms with Gasteiger partial charge in [0.25, 0.3) is 0 Å². The van der Waals surface area contributed by atoms with Crippen molar-refractivity contribution in [3.05, 3.63) is 64.1 Å². The van der Waals surface area contributed by atoms with Crippen molar-refractivity contribution in [2.24, 2.45) is 0 Å². The Kier molecular flexibility index (Phi) is 3.14. The van der Waals surface area contributed by atoms with Gasteiger partial charge in [-0.15, -0.1) is 0 Å². The molecular weight excluding hydrogens is 312 g/mol. The zero-order chi connectivity index (χ0) is 16.0. The number of nitriles is 1. The maximum Gasteiger partial charge on any atom is 0.173 e. The highest BCUT2D eigenvalue weighted by Gasteiger charge is 2.29. The lowest BCUT2D eigenvalue weighted by Gasteiger charge is -2.24. The SMILES string of the molecule is N#Cc1cnn2c3c(cnc12)C(=O)CC(c1cccc(Cl)c1)C3. The minimum absolute atomic E-state index is 0.0413. The second kappa shape index (κ2) is 5.18. The van der Waals surface area contributed by atoms with Crippen LogP contribution in [0, 0.1) is 11.3 Å². The van der Waals surface area contributed by atoms with Crippen LogP contribution in [0.15, 0.2) is 36.7 Å². The molecule has 1 aliphatic carbocycles. The van der Waals surface area contributed by atoms with Gasteiger partial charge in [0.15, 0.2) is 11.4 Å². The van der Waals surface area contributed by atoms with E-state index in [-0.39, 0.29) is 11.7 Å². The van der Waals surface area contributed by atoms with Crippen molar-refractivity contribution < 1.29 is 4.79 Å². The molecule has 0 saturated carbocycles. The standard InChI is InChI=1S/C17H11ClN4O/c18-13-3-1-2-10(4-13)11-5-15-14(16(23)6-11)9-20-17-12(7-19)8-21-22(15)17/h1-4,8-9,11H,5-6H2. The molecule has 1 atom stereocenters. The van der Waals surface area contributed by atoms with E-state index in [4.69, 9.17) is 16.9 Å². The molecular formula is C17H11ClN4O. The normalized spacial score (nSPS) is 17.0. The Bertz CT molecular complexity index is 986. The molecule has 112 valence electrons. The van der Waals surface area contributed by atoms with Gasteiger partial charge in [-0.2, -0.15) is 10.4 Å². The largest absolute Gasteiger partial charge is 0.294 e. The maximum atomic E-state index is 12.5. The molecule has 0 amide bonds. The molecule has 0 N–H and O–H groups in total. The molecule has 6 heteroatoms. The number of nitrogens with zero attached hydrogens (tertiary/aromatic N) is 4. The lowest BCUT2D eigenvalue weighted by molar-refractivity contribution is 0.0962. The third kappa shape index (κ3) is 2.19. The van der Waals surface area contributed by atoms with Crippen molar-refractivity contribution in [2.45, 2.75) is 18.8 Å². The van der Waals surface area contributed by atoms with E-state index < -0.39 is 0 Å². The fraction of sp³-hybridized carbons (Fsp3) is 0.176. The number of ketones is 1. The highest BCUT2D eigenvalue weighted by atomic mass is 35.5. The summed E-state index contributed by atoms with van der Waals surface area (Å²) in [6.07, 6.45) is 4.12. The number of benzene rings is 1. The Hall–Kier alpha value is -2.71. The molecule has 3 aromatic rings. The third-order valence-corrected chi connectivity index (χ3v) is 4.47. The lowest BCUT2D eigenvalue weighted by atomic mass is 9.82. The fourth-order valence-corrected chi connectivity index (χ4v) is 3.32. The first kappa shape index (κ1) is 13.9. The highest BCUT2D eigenvalue weighted by Crippen LogP contribution is 2.33. The molecule has 0 radical (unpaired) electrons. The molecule has 1 unspecified atom stereocenters. The molecule has 4 rings (SSSR count). The van der Waals surface area contributed by atoms with Crippen molar-refractivity contribution in [3.8, 4) is 6.07 Å². The predicted molar refractivity (Wildman–Crippen MR) is 84.5 cm³/mol. The molecule has 1 aromatic carbocycles. The van der Waals surface area contributed by atoms with Gasteiger partial charge in [-0.05, 0) is 30.0 Å². The molecule has 0 fully saturated rings. The number of carbonyl (C=O) groups excluding carboxylic acids is 1. The summed E-state index contributed by atoms with van der Waals surface area (Å²) in [4.78, 5) is 16.7. The van der Waals surface area contributed by atoms with Crippen LogP contribution in [0.25, 0.3) is 5.65 Å². The van der Waals surface area contributed by atoms with Crippen molar-refractivity contribution in [3.63, 3.8) is 0 Å². The first-order valence-electron chi connectivity index (χ1n) is 7.21. The minimum atomic E-state index is 0.0413. The quantitative estimate of drug-likeness (QED) is 0.690. The molecule has 2 heterocycles. The summed E-state index contributed by atoms with van der Waals surface area (Å²) in [6, 6.07) is 9.66. The molecule has 0 bridgehead atoms. The monoisotopic (exact) mass is 322 g/mol. The first-order valence-corrected chi connectivity index (χ1v) is 7.59. The number of aromatic nitrogens is 3. The van der Waals surface area contributed by atoms with Gasteiger partial charge in [-0.3, -0.25) is 4.79 Å². The molecule has 1 aliphatic rings. The van der Waals surface area contributed by atoms with Crippen LogP contribution in [0.4, 0.5) is 0 Å². The molecule has 0 saturated heterocycles. The average Bonchev–Trinajstić information content (AvgIpc) is 2.98. The molecule has 0 aliphatic heterocycles. The average molecular weight is 323 g/mol. The van der Waals surface area contributed by atoms with Gasteiger partial charge < -0.3 is 0 Å². The van der Waals surface area contributed by atoms with Crippen LogP contribution in [0.1, 0.15) is 39.5 Å². The van der Waals surface area contributed by atoms with Gasteiger partial charge in [-0.25, -0.2) is 9.50 Å². The predicted octanol–water partition coefficient (Wildman–Crippen LogP) is 3.17. The number of rotatable bonds is 1. The second-order valence-electron chi connectivity index (χ2n) is 5.61. The Labute approximate surface area is 137 Å². The number of fused-ring (bicyclic) bond motifs is 3. The Balaban J connectivity index is 1.85. The van der Waals surface area contributed by atoms with E-state index in [0.29, 0.717) is 34.6 Å². The van der Waals surface area contributed by atoms with Gasteiger partial charge in [0.2, 0.25) is 0 Å². The number of hydrogen-bond donors (Lipinski definition) is 0. The van der Waals surface area contributed by atoms with Crippen LogP contribution in [0.3, 0.4) is 0 Å². The van der Waals surface area contributed by atoms with Crippen molar-refractivity contribution in [1.29, 1.82) is 5.26 Å².